The summed E-state index contributed by atoms with van der Waals surface area (Å²) in [5.74, 6) is -1.53. The van der Waals surface area contributed by atoms with Gasteiger partial charge in [-0.25, -0.2) is 0 Å². The van der Waals surface area contributed by atoms with Crippen molar-refractivity contribution in [3.63, 3.8) is 0 Å². The van der Waals surface area contributed by atoms with Crippen LogP contribution in [-0.2, 0) is 10.0 Å². The van der Waals surface area contributed by atoms with Gasteiger partial charge in [-0.2, -0.15) is 22.6 Å². The summed E-state index contributed by atoms with van der Waals surface area (Å²) in [7, 11) is -4.13. The van der Waals surface area contributed by atoms with Gasteiger partial charge in [-0.3, -0.25) is 0 Å². The maximum Gasteiger partial charge on any atom is 0.513 e. The van der Waals surface area contributed by atoms with E-state index in [-0.39, 0.29) is 8.87 Å². The lowest BCUT2D eigenvalue weighted by molar-refractivity contribution is -0.534. The fourth-order valence-electron chi connectivity index (χ4n) is 1.35. The lowest BCUT2D eigenvalue weighted by Crippen LogP contribution is -2.57. The normalized spacial score (nSPS) is 11.4. The van der Waals surface area contributed by atoms with E-state index in [9.17, 15) is 17.6 Å². The van der Waals surface area contributed by atoms with Gasteiger partial charge in [-0.1, -0.05) is 22.2 Å². The average Bonchev–Trinajstić information content (AvgIpc) is 2.34. The largest absolute Gasteiger partial charge is 0.513 e. The number of aromatic amines is 1. The molecular formula is C10H9FN3O3S+. The maximum atomic E-state index is 13.2. The summed E-state index contributed by atoms with van der Waals surface area (Å²) in [4.78, 5) is 13.3. The van der Waals surface area contributed by atoms with E-state index < -0.39 is 27.3 Å². The van der Waals surface area contributed by atoms with Crippen molar-refractivity contribution in [1.82, 2.24) is 4.98 Å². The number of nitrogens with one attached hydrogen (secondary N) is 1. The number of nitrogens with zero attached hydrogens (tertiary/aromatic N) is 1. The second-order valence-electron chi connectivity index (χ2n) is 3.43. The van der Waals surface area contributed by atoms with E-state index in [1.165, 1.54) is 24.3 Å². The van der Waals surface area contributed by atoms with Crippen LogP contribution >= 0.6 is 0 Å². The van der Waals surface area contributed by atoms with E-state index in [4.69, 9.17) is 5.73 Å². The third-order valence-electron chi connectivity index (χ3n) is 2.23. The third-order valence-corrected chi connectivity index (χ3v) is 3.89. The Kier molecular flexibility index (Phi) is 2.87. The molecule has 18 heavy (non-hydrogen) atoms. The minimum Gasteiger partial charge on any atom is -0.364 e. The minimum atomic E-state index is -4.13. The number of H-pyrrole nitrogens is 1. The number of halogens is 1. The number of anilines is 1. The van der Waals surface area contributed by atoms with Crippen molar-refractivity contribution in [3.8, 4) is 0 Å². The summed E-state index contributed by atoms with van der Waals surface area (Å²) in [5.41, 5.74) is 4.10. The first-order chi connectivity index (χ1) is 8.43. The highest BCUT2D eigenvalue weighted by Gasteiger charge is 2.26. The van der Waals surface area contributed by atoms with Crippen molar-refractivity contribution in [2.45, 2.75) is 4.90 Å². The van der Waals surface area contributed by atoms with Gasteiger partial charge in [0, 0.05) is 0 Å². The molecule has 0 aliphatic rings. The zero-order chi connectivity index (χ0) is 13.3. The summed E-state index contributed by atoms with van der Waals surface area (Å²) in [6.45, 7) is 0. The van der Waals surface area contributed by atoms with Gasteiger partial charge < -0.3 is 5.73 Å². The van der Waals surface area contributed by atoms with Crippen LogP contribution in [0.3, 0.4) is 0 Å². The molecule has 1 aromatic carbocycles. The van der Waals surface area contributed by atoms with Crippen LogP contribution in [0.25, 0.3) is 0 Å². The number of benzene rings is 1. The zero-order valence-corrected chi connectivity index (χ0v) is 9.82. The van der Waals surface area contributed by atoms with Crippen molar-refractivity contribution in [3.05, 3.63) is 52.8 Å². The van der Waals surface area contributed by atoms with Crippen molar-refractivity contribution in [2.75, 3.05) is 5.73 Å². The van der Waals surface area contributed by atoms with Crippen LogP contribution in [0, 0.1) is 5.82 Å². The number of rotatable bonds is 2. The van der Waals surface area contributed by atoms with Crippen molar-refractivity contribution in [1.29, 1.82) is 0 Å². The van der Waals surface area contributed by atoms with Gasteiger partial charge in [0.15, 0.2) is 6.20 Å². The molecule has 0 bridgehead atoms. The molecule has 0 radical (unpaired) electrons. The van der Waals surface area contributed by atoms with Gasteiger partial charge in [0.2, 0.25) is 11.6 Å². The molecule has 0 aliphatic heterocycles. The molecule has 0 amide bonds. The van der Waals surface area contributed by atoms with Crippen LogP contribution in [-0.4, -0.2) is 13.4 Å². The van der Waals surface area contributed by atoms with Crippen molar-refractivity contribution in [2.24, 2.45) is 0 Å². The number of hydrogen-bond donors (Lipinski definition) is 2. The molecule has 0 saturated carbocycles. The van der Waals surface area contributed by atoms with Gasteiger partial charge in [0.1, 0.15) is 4.90 Å². The van der Waals surface area contributed by atoms with E-state index in [2.05, 4.69) is 0 Å². The highest BCUT2D eigenvalue weighted by atomic mass is 32.2. The Morgan fingerprint density at radius 1 is 1.22 bits per heavy atom. The summed E-state index contributed by atoms with van der Waals surface area (Å²) < 4.78 is 37.6. The lowest BCUT2D eigenvalue weighted by Gasteiger charge is -2.01. The first-order valence-corrected chi connectivity index (χ1v) is 6.27. The zero-order valence-electron chi connectivity index (χ0n) is 9.00. The first kappa shape index (κ1) is 12.2. The number of hydrogen-bond acceptors (Lipinski definition) is 4. The van der Waals surface area contributed by atoms with Crippen molar-refractivity contribution < 1.29 is 16.8 Å². The van der Waals surface area contributed by atoms with Gasteiger partial charge in [0.05, 0.1) is 0 Å². The average molecular weight is 270 g/mol. The molecule has 0 unspecified atom stereocenters. The third kappa shape index (κ3) is 1.97. The Hall–Kier alpha value is -2.22. The fourth-order valence-corrected chi connectivity index (χ4v) is 2.57. The summed E-state index contributed by atoms with van der Waals surface area (Å²) in [5, 5.41) is 0. The molecule has 0 saturated heterocycles. The molecule has 2 rings (SSSR count). The molecular weight excluding hydrogens is 261 g/mol. The van der Waals surface area contributed by atoms with E-state index in [1.807, 2.05) is 4.98 Å². The highest BCUT2D eigenvalue weighted by molar-refractivity contribution is 7.85. The topological polar surface area (TPSA) is 96.9 Å². The predicted molar refractivity (Wildman–Crippen MR) is 60.7 cm³/mol. The van der Waals surface area contributed by atoms with E-state index in [1.54, 1.807) is 6.07 Å². The molecule has 2 aromatic rings. The van der Waals surface area contributed by atoms with E-state index in [0.29, 0.717) is 6.20 Å². The molecule has 6 nitrogen and oxygen atoms in total. The predicted octanol–water partition coefficient (Wildman–Crippen LogP) is -0.379. The van der Waals surface area contributed by atoms with Crippen LogP contribution in [0.2, 0.25) is 0 Å². The molecule has 3 N–H and O–H groups in total. The SMILES string of the molecule is Nc1[nH]c(=O)[n+](S(=O)(=O)c2ccccc2)cc1F. The standard InChI is InChI=1S/C10H8FN3O3S/c11-8-6-14(10(15)13-9(8)12)18(16,17)7-4-2-1-3-5-7/h1-6H,(H2,12,13,15)/p+1. The summed E-state index contributed by atoms with van der Waals surface area (Å²) >= 11 is 0. The maximum absolute atomic E-state index is 13.2. The monoisotopic (exact) mass is 270 g/mol. The summed E-state index contributed by atoms with van der Waals surface area (Å²) in [6.07, 6.45) is 0.538. The Labute approximate surface area is 102 Å². The molecule has 0 fully saturated rings. The van der Waals surface area contributed by atoms with E-state index >= 15 is 0 Å². The number of aromatic nitrogens is 2. The molecule has 8 heteroatoms. The van der Waals surface area contributed by atoms with Crippen LogP contribution < -0.4 is 15.4 Å². The molecule has 1 aromatic heterocycles. The molecule has 0 atom stereocenters. The molecule has 1 heterocycles. The fraction of sp³-hybridized carbons (Fsp3) is 0. The Balaban J connectivity index is 2.70. The second-order valence-corrected chi connectivity index (χ2v) is 5.25. The number of nitrogens with two attached hydrogens (primary N) is 1. The Morgan fingerprint density at radius 3 is 2.44 bits per heavy atom. The van der Waals surface area contributed by atoms with Gasteiger partial charge in [0.25, 0.3) is 0 Å². The minimum absolute atomic E-state index is 0.121. The quantitative estimate of drug-likeness (QED) is 0.727. The van der Waals surface area contributed by atoms with Crippen LogP contribution in [0.4, 0.5) is 10.2 Å². The molecule has 0 aliphatic carbocycles. The number of nitrogen functional groups attached to an aromatic ring is 1. The van der Waals surface area contributed by atoms with E-state index in [0.717, 1.165) is 0 Å². The van der Waals surface area contributed by atoms with Gasteiger partial charge >= 0.3 is 15.7 Å². The summed E-state index contributed by atoms with van der Waals surface area (Å²) in [6, 6.07) is 7.22. The van der Waals surface area contributed by atoms with Gasteiger partial charge in [-0.15, -0.1) is 0 Å². The van der Waals surface area contributed by atoms with Crippen LogP contribution in [0.15, 0.2) is 46.2 Å². The Morgan fingerprint density at radius 2 is 1.83 bits per heavy atom. The van der Waals surface area contributed by atoms with Gasteiger partial charge in [-0.05, 0) is 12.1 Å². The van der Waals surface area contributed by atoms with Crippen molar-refractivity contribution >= 4 is 15.8 Å². The van der Waals surface area contributed by atoms with Crippen LogP contribution in [0.1, 0.15) is 0 Å². The molecule has 94 valence electrons. The smallest absolute Gasteiger partial charge is 0.364 e. The van der Waals surface area contributed by atoms with Crippen LogP contribution in [0.5, 0.6) is 0 Å². The Bertz CT molecular complexity index is 741. The lowest BCUT2D eigenvalue weighted by atomic mass is 10.4. The molecule has 0 spiro atoms. The first-order valence-electron chi connectivity index (χ1n) is 4.83. The highest BCUT2D eigenvalue weighted by Crippen LogP contribution is 2.07. The second kappa shape index (κ2) is 4.22.